The van der Waals surface area contributed by atoms with Crippen LogP contribution in [-0.4, -0.2) is 55.6 Å². The smallest absolute Gasteiger partial charge is 0.188 e. The number of rotatable bonds is 6. The molecule has 23 heavy (non-hydrogen) atoms. The van der Waals surface area contributed by atoms with Crippen molar-refractivity contribution in [2.75, 3.05) is 44.7 Å². The maximum atomic E-state index is 5.83. The van der Waals surface area contributed by atoms with Gasteiger partial charge in [0.05, 0.1) is 6.54 Å². The van der Waals surface area contributed by atoms with Crippen LogP contribution in [0.4, 0.5) is 5.82 Å². The van der Waals surface area contributed by atoms with Crippen LogP contribution in [0.5, 0.6) is 0 Å². The molecule has 0 bridgehead atoms. The second-order valence-electron chi connectivity index (χ2n) is 5.80. The maximum absolute atomic E-state index is 5.83. The topological polar surface area (TPSA) is 69.8 Å². The Morgan fingerprint density at radius 3 is 2.65 bits per heavy atom. The highest BCUT2D eigenvalue weighted by atomic mass is 127. The zero-order chi connectivity index (χ0) is 15.8. The van der Waals surface area contributed by atoms with E-state index in [0.29, 0.717) is 12.5 Å². The van der Waals surface area contributed by atoms with Crippen LogP contribution in [0.3, 0.4) is 0 Å². The molecular weight excluding hydrogens is 403 g/mol. The molecule has 1 aliphatic heterocycles. The van der Waals surface area contributed by atoms with E-state index in [1.165, 1.54) is 0 Å². The number of nitrogens with zero attached hydrogens (tertiary/aromatic N) is 4. The fraction of sp³-hybridized carbons (Fsp3) is 0.625. The molecule has 1 saturated heterocycles. The number of halogens is 1. The first-order chi connectivity index (χ1) is 10.7. The van der Waals surface area contributed by atoms with Crippen LogP contribution >= 0.6 is 24.0 Å². The summed E-state index contributed by atoms with van der Waals surface area (Å²) in [5.74, 6) is 1.56. The molecule has 0 radical (unpaired) electrons. The zero-order valence-corrected chi connectivity index (χ0v) is 16.5. The molecule has 0 amide bonds. The number of piperazine rings is 1. The average molecular weight is 432 g/mol. The lowest BCUT2D eigenvalue weighted by atomic mass is 10.2. The van der Waals surface area contributed by atoms with Crippen molar-refractivity contribution >= 4 is 35.8 Å². The lowest BCUT2D eigenvalue weighted by molar-refractivity contribution is 0.312. The van der Waals surface area contributed by atoms with E-state index in [9.17, 15) is 0 Å². The van der Waals surface area contributed by atoms with E-state index < -0.39 is 0 Å². The maximum Gasteiger partial charge on any atom is 0.188 e. The number of guanidine groups is 1. The summed E-state index contributed by atoms with van der Waals surface area (Å²) in [4.78, 5) is 13.6. The number of aromatic nitrogens is 1. The highest BCUT2D eigenvalue weighted by Crippen LogP contribution is 2.13. The summed E-state index contributed by atoms with van der Waals surface area (Å²) in [7, 11) is 2.16. The third-order valence-corrected chi connectivity index (χ3v) is 3.90. The largest absolute Gasteiger partial charge is 0.370 e. The van der Waals surface area contributed by atoms with E-state index in [1.54, 1.807) is 0 Å². The van der Waals surface area contributed by atoms with Crippen molar-refractivity contribution in [3.05, 3.63) is 23.9 Å². The van der Waals surface area contributed by atoms with Gasteiger partial charge >= 0.3 is 0 Å². The van der Waals surface area contributed by atoms with Crippen LogP contribution in [0.25, 0.3) is 0 Å². The van der Waals surface area contributed by atoms with Crippen molar-refractivity contribution < 1.29 is 0 Å². The number of aliphatic imine (C=N–C) groups is 1. The van der Waals surface area contributed by atoms with Gasteiger partial charge < -0.3 is 20.9 Å². The predicted molar refractivity (Wildman–Crippen MR) is 108 cm³/mol. The van der Waals surface area contributed by atoms with Crippen LogP contribution in [0.1, 0.15) is 25.3 Å². The van der Waals surface area contributed by atoms with E-state index in [4.69, 9.17) is 5.73 Å². The molecule has 2 heterocycles. The molecule has 6 nitrogen and oxygen atoms in total. The minimum Gasteiger partial charge on any atom is -0.370 e. The molecule has 0 saturated carbocycles. The van der Waals surface area contributed by atoms with Crippen LogP contribution in [0.2, 0.25) is 0 Å². The molecule has 0 unspecified atom stereocenters. The monoisotopic (exact) mass is 432 g/mol. The van der Waals surface area contributed by atoms with Gasteiger partial charge in [0, 0.05) is 38.9 Å². The second kappa shape index (κ2) is 10.6. The number of pyridine rings is 1. The Labute approximate surface area is 156 Å². The number of anilines is 1. The van der Waals surface area contributed by atoms with Crippen LogP contribution < -0.4 is 16.0 Å². The molecule has 0 aromatic carbocycles. The molecule has 1 aromatic rings. The summed E-state index contributed by atoms with van der Waals surface area (Å²) in [6, 6.07) is 4.17. The van der Waals surface area contributed by atoms with Crippen molar-refractivity contribution in [2.24, 2.45) is 10.7 Å². The van der Waals surface area contributed by atoms with E-state index in [1.807, 2.05) is 6.20 Å². The molecule has 0 atom stereocenters. The Balaban J connectivity index is 0.00000264. The van der Waals surface area contributed by atoms with Gasteiger partial charge in [-0.15, -0.1) is 24.0 Å². The molecule has 1 aromatic heterocycles. The van der Waals surface area contributed by atoms with E-state index in [0.717, 1.165) is 56.9 Å². The fourth-order valence-electron chi connectivity index (χ4n) is 2.36. The lowest BCUT2D eigenvalue weighted by Gasteiger charge is -2.33. The standard InChI is InChI=1S/C16H28N6.HI/c1-3-4-7-18-16(17)20-13-14-5-6-15(19-12-14)22-10-8-21(2)9-11-22;/h5-6,12H,3-4,7-11,13H2,1-2H3,(H3,17,18,20);1H. The zero-order valence-electron chi connectivity index (χ0n) is 14.2. The van der Waals surface area contributed by atoms with Gasteiger partial charge in [0.15, 0.2) is 5.96 Å². The number of hydrogen-bond acceptors (Lipinski definition) is 4. The molecule has 1 fully saturated rings. The van der Waals surface area contributed by atoms with Gasteiger partial charge in [0.1, 0.15) is 5.82 Å². The van der Waals surface area contributed by atoms with Gasteiger partial charge in [-0.3, -0.25) is 0 Å². The second-order valence-corrected chi connectivity index (χ2v) is 5.80. The fourth-order valence-corrected chi connectivity index (χ4v) is 2.36. The summed E-state index contributed by atoms with van der Waals surface area (Å²) < 4.78 is 0. The number of hydrogen-bond donors (Lipinski definition) is 2. The van der Waals surface area contributed by atoms with Crippen LogP contribution in [-0.2, 0) is 6.54 Å². The van der Waals surface area contributed by atoms with E-state index in [-0.39, 0.29) is 24.0 Å². The summed E-state index contributed by atoms with van der Waals surface area (Å²) in [6.45, 7) is 7.86. The molecule has 130 valence electrons. The van der Waals surface area contributed by atoms with Gasteiger partial charge in [-0.1, -0.05) is 19.4 Å². The highest BCUT2D eigenvalue weighted by Gasteiger charge is 2.14. The van der Waals surface area contributed by atoms with Crippen molar-refractivity contribution in [2.45, 2.75) is 26.3 Å². The Kier molecular flexibility index (Phi) is 9.23. The molecule has 1 aliphatic rings. The third-order valence-electron chi connectivity index (χ3n) is 3.90. The highest BCUT2D eigenvalue weighted by molar-refractivity contribution is 14.0. The van der Waals surface area contributed by atoms with Crippen LogP contribution in [0, 0.1) is 0 Å². The first-order valence-electron chi connectivity index (χ1n) is 8.11. The van der Waals surface area contributed by atoms with E-state index >= 15 is 0 Å². The quantitative estimate of drug-likeness (QED) is 0.310. The summed E-state index contributed by atoms with van der Waals surface area (Å²) in [5.41, 5.74) is 6.91. The first kappa shape index (κ1) is 20.0. The molecular formula is C16H29IN6. The molecule has 0 spiro atoms. The van der Waals surface area contributed by atoms with Gasteiger partial charge in [0.2, 0.25) is 0 Å². The van der Waals surface area contributed by atoms with Crippen LogP contribution in [0.15, 0.2) is 23.3 Å². The summed E-state index contributed by atoms with van der Waals surface area (Å²) in [6.07, 6.45) is 4.16. The lowest BCUT2D eigenvalue weighted by Crippen LogP contribution is -2.44. The molecule has 7 heteroatoms. The predicted octanol–water partition coefficient (Wildman–Crippen LogP) is 1.66. The van der Waals surface area contributed by atoms with Gasteiger partial charge in [0.25, 0.3) is 0 Å². The SMILES string of the molecule is CCCCNC(N)=NCc1ccc(N2CCN(C)CC2)nc1.I. The van der Waals surface area contributed by atoms with Crippen molar-refractivity contribution in [3.8, 4) is 0 Å². The van der Waals surface area contributed by atoms with Crippen molar-refractivity contribution in [1.82, 2.24) is 15.2 Å². The number of likely N-dealkylation sites (N-methyl/N-ethyl adjacent to an activating group) is 1. The Morgan fingerprint density at radius 1 is 1.30 bits per heavy atom. The third kappa shape index (κ3) is 6.90. The molecule has 2 rings (SSSR count). The normalized spacial score (nSPS) is 16.1. The molecule has 0 aliphatic carbocycles. The minimum absolute atomic E-state index is 0. The number of nitrogens with one attached hydrogen (secondary N) is 1. The molecule has 3 N–H and O–H groups in total. The first-order valence-corrected chi connectivity index (χ1v) is 8.11. The van der Waals surface area contributed by atoms with Crippen molar-refractivity contribution in [1.29, 1.82) is 0 Å². The van der Waals surface area contributed by atoms with Gasteiger partial charge in [-0.25, -0.2) is 9.98 Å². The van der Waals surface area contributed by atoms with Gasteiger partial charge in [-0.2, -0.15) is 0 Å². The van der Waals surface area contributed by atoms with Crippen molar-refractivity contribution in [3.63, 3.8) is 0 Å². The Morgan fingerprint density at radius 2 is 2.04 bits per heavy atom. The van der Waals surface area contributed by atoms with E-state index in [2.05, 4.69) is 51.2 Å². The number of nitrogens with two attached hydrogens (primary N) is 1. The summed E-state index contributed by atoms with van der Waals surface area (Å²) >= 11 is 0. The Bertz CT molecular complexity index is 468. The number of unbranched alkanes of at least 4 members (excludes halogenated alkanes) is 1. The average Bonchev–Trinajstić information content (AvgIpc) is 2.54. The minimum atomic E-state index is 0. The van der Waals surface area contributed by atoms with Gasteiger partial charge in [-0.05, 0) is 25.1 Å². The Hall–Kier alpha value is -1.09. The summed E-state index contributed by atoms with van der Waals surface area (Å²) in [5, 5.41) is 3.12.